The Hall–Kier alpha value is -1.13. The molecule has 0 saturated heterocycles. The number of nitrogens with two attached hydrogens (primary N) is 1. The zero-order valence-corrected chi connectivity index (χ0v) is 7.75. The van der Waals surface area contributed by atoms with Gasteiger partial charge >= 0.3 is 5.97 Å². The Morgan fingerprint density at radius 1 is 1.69 bits per heavy atom. The van der Waals surface area contributed by atoms with Gasteiger partial charge in [0, 0.05) is 5.69 Å². The Morgan fingerprint density at radius 2 is 2.31 bits per heavy atom. The number of carbonyl (C=O) groups is 1. The number of aliphatic carboxylic acids is 1. The lowest BCUT2D eigenvalue weighted by Gasteiger charge is -2.07. The second kappa shape index (κ2) is 3.72. The molecule has 0 aliphatic heterocycles. The minimum absolute atomic E-state index is 0.256. The van der Waals surface area contributed by atoms with E-state index >= 15 is 0 Å². The molecule has 0 aliphatic rings. The Bertz CT molecular complexity index is 321. The van der Waals surface area contributed by atoms with Gasteiger partial charge in [-0.15, -0.1) is 0 Å². The Kier molecular flexibility index (Phi) is 2.85. The fraction of sp³-hybridized carbons (Fsp3) is 0.250. The third kappa shape index (κ3) is 2.40. The second-order valence-corrected chi connectivity index (χ2v) is 3.07. The smallest absolute Gasteiger partial charge is 0.325 e. The molecule has 1 rings (SSSR count). The standard InChI is InChI=1S/C8H9ClN2O2/c1-4-2-5(3-6(9)11-4)7(10)8(12)13/h2-3,7H,10H2,1H3,(H,12,13)/t7-/m1/s1. The van der Waals surface area contributed by atoms with Crippen LogP contribution in [-0.2, 0) is 4.79 Å². The first-order valence-electron chi connectivity index (χ1n) is 3.63. The van der Waals surface area contributed by atoms with Crippen molar-refractivity contribution in [2.45, 2.75) is 13.0 Å². The van der Waals surface area contributed by atoms with E-state index in [9.17, 15) is 4.79 Å². The molecule has 0 spiro atoms. The van der Waals surface area contributed by atoms with E-state index in [-0.39, 0.29) is 5.15 Å². The highest BCUT2D eigenvalue weighted by Crippen LogP contribution is 2.15. The topological polar surface area (TPSA) is 76.2 Å². The highest BCUT2D eigenvalue weighted by atomic mass is 35.5. The van der Waals surface area contributed by atoms with E-state index in [0.717, 1.165) is 0 Å². The van der Waals surface area contributed by atoms with Crippen LogP contribution in [0.15, 0.2) is 12.1 Å². The lowest BCUT2D eigenvalue weighted by molar-refractivity contribution is -0.138. The average molecular weight is 201 g/mol. The number of pyridine rings is 1. The van der Waals surface area contributed by atoms with E-state index in [0.29, 0.717) is 11.3 Å². The van der Waals surface area contributed by atoms with E-state index in [4.69, 9.17) is 22.4 Å². The van der Waals surface area contributed by atoms with Crippen molar-refractivity contribution in [1.82, 2.24) is 4.98 Å². The highest BCUT2D eigenvalue weighted by Gasteiger charge is 2.14. The van der Waals surface area contributed by atoms with Gasteiger partial charge < -0.3 is 10.8 Å². The van der Waals surface area contributed by atoms with Crippen LogP contribution in [0.4, 0.5) is 0 Å². The molecule has 0 aromatic carbocycles. The molecule has 0 radical (unpaired) electrons. The third-order valence-corrected chi connectivity index (χ3v) is 1.76. The van der Waals surface area contributed by atoms with Crippen molar-refractivity contribution in [2.75, 3.05) is 0 Å². The summed E-state index contributed by atoms with van der Waals surface area (Å²) in [4.78, 5) is 14.4. The molecule has 0 aliphatic carbocycles. The number of halogens is 1. The fourth-order valence-corrected chi connectivity index (χ4v) is 1.23. The van der Waals surface area contributed by atoms with Gasteiger partial charge in [0.05, 0.1) is 0 Å². The monoisotopic (exact) mass is 200 g/mol. The zero-order valence-electron chi connectivity index (χ0n) is 6.99. The third-order valence-electron chi connectivity index (χ3n) is 1.57. The maximum atomic E-state index is 10.5. The highest BCUT2D eigenvalue weighted by molar-refractivity contribution is 6.29. The lowest BCUT2D eigenvalue weighted by atomic mass is 10.1. The first-order valence-corrected chi connectivity index (χ1v) is 4.01. The van der Waals surface area contributed by atoms with Crippen LogP contribution in [0.2, 0.25) is 5.15 Å². The van der Waals surface area contributed by atoms with Crippen LogP contribution >= 0.6 is 11.6 Å². The summed E-state index contributed by atoms with van der Waals surface area (Å²) in [5, 5.41) is 8.88. The largest absolute Gasteiger partial charge is 0.480 e. The normalized spacial score (nSPS) is 12.5. The van der Waals surface area contributed by atoms with Gasteiger partial charge in [-0.1, -0.05) is 11.6 Å². The van der Waals surface area contributed by atoms with Crippen LogP contribution in [-0.4, -0.2) is 16.1 Å². The number of rotatable bonds is 2. The Morgan fingerprint density at radius 3 is 2.77 bits per heavy atom. The van der Waals surface area contributed by atoms with Crippen LogP contribution in [0.25, 0.3) is 0 Å². The SMILES string of the molecule is Cc1cc([C@@H](N)C(=O)O)cc(Cl)n1. The Labute approximate surface area is 80.3 Å². The molecule has 1 aromatic rings. The summed E-state index contributed by atoms with van der Waals surface area (Å²) in [6.07, 6.45) is 0. The number of hydrogen-bond donors (Lipinski definition) is 2. The van der Waals surface area contributed by atoms with Gasteiger partial charge in [-0.05, 0) is 24.6 Å². The molecule has 1 atom stereocenters. The average Bonchev–Trinajstić information content (AvgIpc) is 2.01. The summed E-state index contributed by atoms with van der Waals surface area (Å²) in [6.45, 7) is 1.73. The molecule has 0 fully saturated rings. The minimum atomic E-state index is -1.08. The number of aromatic nitrogens is 1. The first-order chi connectivity index (χ1) is 6.00. The Balaban J connectivity index is 3.07. The number of hydrogen-bond acceptors (Lipinski definition) is 3. The maximum absolute atomic E-state index is 10.5. The van der Waals surface area contributed by atoms with Gasteiger partial charge in [-0.25, -0.2) is 4.98 Å². The van der Waals surface area contributed by atoms with Crippen molar-refractivity contribution < 1.29 is 9.90 Å². The molecule has 0 amide bonds. The van der Waals surface area contributed by atoms with Crippen molar-refractivity contribution in [3.8, 4) is 0 Å². The van der Waals surface area contributed by atoms with Crippen molar-refractivity contribution in [1.29, 1.82) is 0 Å². The summed E-state index contributed by atoms with van der Waals surface area (Å²) in [6, 6.07) is 2.01. The summed E-state index contributed by atoms with van der Waals surface area (Å²) in [5.74, 6) is -1.08. The molecule has 5 heteroatoms. The zero-order chi connectivity index (χ0) is 10.0. The number of nitrogens with zero attached hydrogens (tertiary/aromatic N) is 1. The van der Waals surface area contributed by atoms with Crippen LogP contribution in [0, 0.1) is 6.92 Å². The van der Waals surface area contributed by atoms with Gasteiger partial charge in [0.15, 0.2) is 0 Å². The summed E-state index contributed by atoms with van der Waals surface area (Å²) >= 11 is 5.64. The van der Waals surface area contributed by atoms with Gasteiger partial charge in [0.1, 0.15) is 11.2 Å². The summed E-state index contributed by atoms with van der Waals surface area (Å²) in [5.41, 5.74) is 6.50. The van der Waals surface area contributed by atoms with Gasteiger partial charge in [-0.3, -0.25) is 4.79 Å². The predicted molar refractivity (Wildman–Crippen MR) is 48.5 cm³/mol. The van der Waals surface area contributed by atoms with Gasteiger partial charge in [0.25, 0.3) is 0 Å². The van der Waals surface area contributed by atoms with E-state index in [1.165, 1.54) is 6.07 Å². The molecular formula is C8H9ClN2O2. The van der Waals surface area contributed by atoms with Crippen molar-refractivity contribution >= 4 is 17.6 Å². The molecular weight excluding hydrogens is 192 g/mol. The summed E-state index contributed by atoms with van der Waals surface area (Å²) < 4.78 is 0. The molecule has 0 unspecified atom stereocenters. The lowest BCUT2D eigenvalue weighted by Crippen LogP contribution is -2.20. The van der Waals surface area contributed by atoms with Crippen LogP contribution in [0.1, 0.15) is 17.3 Å². The second-order valence-electron chi connectivity index (χ2n) is 2.68. The molecule has 3 N–H and O–H groups in total. The van der Waals surface area contributed by atoms with Gasteiger partial charge in [-0.2, -0.15) is 0 Å². The van der Waals surface area contributed by atoms with Crippen molar-refractivity contribution in [3.05, 3.63) is 28.5 Å². The minimum Gasteiger partial charge on any atom is -0.480 e. The quantitative estimate of drug-likeness (QED) is 0.702. The van der Waals surface area contributed by atoms with Crippen LogP contribution in [0.5, 0.6) is 0 Å². The van der Waals surface area contributed by atoms with Crippen molar-refractivity contribution in [2.24, 2.45) is 5.73 Å². The molecule has 0 saturated carbocycles. The van der Waals surface area contributed by atoms with E-state index in [2.05, 4.69) is 4.98 Å². The first kappa shape index (κ1) is 9.95. The summed E-state index contributed by atoms with van der Waals surface area (Å²) in [7, 11) is 0. The molecule has 4 nitrogen and oxygen atoms in total. The molecule has 13 heavy (non-hydrogen) atoms. The molecule has 1 heterocycles. The number of carboxylic acids is 1. The number of carboxylic acid groups (broad SMARTS) is 1. The van der Waals surface area contributed by atoms with Crippen LogP contribution in [0.3, 0.4) is 0 Å². The maximum Gasteiger partial charge on any atom is 0.325 e. The van der Waals surface area contributed by atoms with E-state index < -0.39 is 12.0 Å². The van der Waals surface area contributed by atoms with Gasteiger partial charge in [0.2, 0.25) is 0 Å². The van der Waals surface area contributed by atoms with E-state index in [1.807, 2.05) is 0 Å². The molecule has 70 valence electrons. The fourth-order valence-electron chi connectivity index (χ4n) is 0.976. The van der Waals surface area contributed by atoms with Crippen molar-refractivity contribution in [3.63, 3.8) is 0 Å². The molecule has 1 aromatic heterocycles. The number of aryl methyl sites for hydroxylation is 1. The predicted octanol–water partition coefficient (Wildman–Crippen LogP) is 1.13. The molecule has 0 bridgehead atoms. The van der Waals surface area contributed by atoms with Crippen LogP contribution < -0.4 is 5.73 Å². The van der Waals surface area contributed by atoms with E-state index in [1.54, 1.807) is 13.0 Å².